The number of carbonyl (C=O) groups excluding carboxylic acids is 1. The van der Waals surface area contributed by atoms with E-state index in [1.54, 1.807) is 0 Å². The summed E-state index contributed by atoms with van der Waals surface area (Å²) in [7, 11) is -3.79. The van der Waals surface area contributed by atoms with Crippen LogP contribution in [-0.2, 0) is 14.6 Å². The number of alkyl halides is 7. The average molecular weight is 549 g/mol. The molecule has 2 aromatic carbocycles. The van der Waals surface area contributed by atoms with E-state index in [1.807, 2.05) is 5.32 Å². The van der Waals surface area contributed by atoms with Crippen LogP contribution in [0.5, 0.6) is 0 Å². The summed E-state index contributed by atoms with van der Waals surface area (Å²) in [5, 5.41) is 9.97. The molecule has 0 unspecified atom stereocenters. The monoisotopic (exact) mass is 549 g/mol. The van der Waals surface area contributed by atoms with Crippen LogP contribution in [-0.4, -0.2) is 49.4 Å². The number of nitro groups is 1. The standard InChI is InChI=1S/C18H14F7N3O5S2/c1-35(32,33)10-6-7-11(13(8-10)28(30)31)26-9-15(29)27-12-4-2-3-5-14(12)34-18(24,25)16(19,20)17(21,22)23/h2-8,26H,9H2,1H3,(H,27,29). The highest BCUT2D eigenvalue weighted by molar-refractivity contribution is 8.00. The zero-order chi connectivity index (χ0) is 26.8. The minimum Gasteiger partial charge on any atom is -0.371 e. The fourth-order valence-corrected chi connectivity index (χ4v) is 3.98. The third-order valence-electron chi connectivity index (χ3n) is 4.15. The minimum absolute atomic E-state index is 0.281. The number of nitrogens with one attached hydrogen (secondary N) is 2. The number of nitro benzene ring substituents is 1. The lowest BCUT2D eigenvalue weighted by Crippen LogP contribution is -2.49. The molecule has 1 amide bonds. The van der Waals surface area contributed by atoms with Crippen LogP contribution in [0.15, 0.2) is 52.3 Å². The Kier molecular flexibility index (Phi) is 7.95. The summed E-state index contributed by atoms with van der Waals surface area (Å²) in [6.07, 6.45) is -5.72. The van der Waals surface area contributed by atoms with E-state index in [9.17, 15) is 54.1 Å². The van der Waals surface area contributed by atoms with Crippen molar-refractivity contribution in [3.63, 3.8) is 0 Å². The highest BCUT2D eigenvalue weighted by Gasteiger charge is 2.73. The molecule has 0 radical (unpaired) electrons. The zero-order valence-corrected chi connectivity index (χ0v) is 18.8. The van der Waals surface area contributed by atoms with E-state index in [4.69, 9.17) is 0 Å². The van der Waals surface area contributed by atoms with Crippen LogP contribution >= 0.6 is 11.8 Å². The van der Waals surface area contributed by atoms with E-state index in [0.717, 1.165) is 42.7 Å². The molecule has 0 aliphatic rings. The fourth-order valence-electron chi connectivity index (χ4n) is 2.44. The second-order valence-electron chi connectivity index (χ2n) is 6.80. The van der Waals surface area contributed by atoms with Crippen LogP contribution in [0, 0.1) is 10.1 Å². The second kappa shape index (κ2) is 9.88. The maximum Gasteiger partial charge on any atom is 0.460 e. The van der Waals surface area contributed by atoms with E-state index in [-0.39, 0.29) is 10.6 Å². The second-order valence-corrected chi connectivity index (χ2v) is 9.97. The Morgan fingerprint density at radius 1 is 1.03 bits per heavy atom. The number of halogens is 7. The Balaban J connectivity index is 2.20. The fraction of sp³-hybridized carbons (Fsp3) is 0.278. The summed E-state index contributed by atoms with van der Waals surface area (Å²) in [4.78, 5) is 21.3. The molecule has 0 saturated carbocycles. The topological polar surface area (TPSA) is 118 Å². The van der Waals surface area contributed by atoms with Gasteiger partial charge in [0.25, 0.3) is 5.69 Å². The predicted octanol–water partition coefficient (Wildman–Crippen LogP) is 4.93. The average Bonchev–Trinajstić information content (AvgIpc) is 2.71. The van der Waals surface area contributed by atoms with Crippen LogP contribution < -0.4 is 10.6 Å². The molecular formula is C18H14F7N3O5S2. The first-order chi connectivity index (χ1) is 15.9. The van der Waals surface area contributed by atoms with E-state index >= 15 is 0 Å². The first-order valence-corrected chi connectivity index (χ1v) is 11.7. The van der Waals surface area contributed by atoms with Gasteiger partial charge in [-0.15, -0.1) is 0 Å². The van der Waals surface area contributed by atoms with E-state index in [2.05, 4.69) is 5.32 Å². The molecule has 0 aliphatic heterocycles. The van der Waals surface area contributed by atoms with Crippen molar-refractivity contribution >= 4 is 44.6 Å². The van der Waals surface area contributed by atoms with Gasteiger partial charge in [-0.05, 0) is 36.0 Å². The van der Waals surface area contributed by atoms with Crippen molar-refractivity contribution in [3.05, 3.63) is 52.6 Å². The molecule has 0 saturated heterocycles. The van der Waals surface area contributed by atoms with Gasteiger partial charge in [-0.25, -0.2) is 8.42 Å². The van der Waals surface area contributed by atoms with Crippen molar-refractivity contribution in [2.45, 2.75) is 27.1 Å². The Morgan fingerprint density at radius 3 is 2.17 bits per heavy atom. The molecule has 8 nitrogen and oxygen atoms in total. The van der Waals surface area contributed by atoms with E-state index < -0.39 is 72.6 Å². The number of anilines is 2. The Hall–Kier alpha value is -3.08. The van der Waals surface area contributed by atoms with Crippen LogP contribution in [0.2, 0.25) is 0 Å². The Morgan fingerprint density at radius 2 is 1.63 bits per heavy atom. The lowest BCUT2D eigenvalue weighted by atomic mass is 10.2. The number of hydrogen-bond donors (Lipinski definition) is 2. The van der Waals surface area contributed by atoms with Gasteiger partial charge in [0.2, 0.25) is 5.91 Å². The number of hydrogen-bond acceptors (Lipinski definition) is 7. The van der Waals surface area contributed by atoms with Gasteiger partial charge in [0.05, 0.1) is 22.1 Å². The van der Waals surface area contributed by atoms with Crippen molar-refractivity contribution in [2.24, 2.45) is 0 Å². The number of para-hydroxylation sites is 1. The Labute approximate surface area is 196 Å². The number of sulfone groups is 1. The van der Waals surface area contributed by atoms with Crippen LogP contribution in [0.1, 0.15) is 0 Å². The molecule has 2 rings (SSSR count). The number of thioether (sulfide) groups is 1. The van der Waals surface area contributed by atoms with Crippen LogP contribution in [0.3, 0.4) is 0 Å². The molecule has 2 N–H and O–H groups in total. The van der Waals surface area contributed by atoms with Crippen molar-refractivity contribution in [1.82, 2.24) is 0 Å². The van der Waals surface area contributed by atoms with Crippen molar-refractivity contribution in [2.75, 3.05) is 23.4 Å². The summed E-state index contributed by atoms with van der Waals surface area (Å²) in [5.41, 5.74) is -1.51. The van der Waals surface area contributed by atoms with Gasteiger partial charge in [0.15, 0.2) is 9.84 Å². The highest BCUT2D eigenvalue weighted by Crippen LogP contribution is 2.54. The predicted molar refractivity (Wildman–Crippen MR) is 112 cm³/mol. The molecule has 192 valence electrons. The van der Waals surface area contributed by atoms with Gasteiger partial charge in [0.1, 0.15) is 5.69 Å². The maximum absolute atomic E-state index is 13.8. The molecule has 0 fully saturated rings. The first-order valence-electron chi connectivity index (χ1n) is 8.99. The number of carbonyl (C=O) groups is 1. The van der Waals surface area contributed by atoms with Gasteiger partial charge in [-0.2, -0.15) is 30.7 Å². The third kappa shape index (κ3) is 6.53. The summed E-state index contributed by atoms with van der Waals surface area (Å²) < 4.78 is 114. The molecule has 17 heteroatoms. The SMILES string of the molecule is CS(=O)(=O)c1ccc(NCC(=O)Nc2ccccc2SC(F)(F)C(F)(F)C(F)(F)F)c([N+](=O)[O-])c1. The zero-order valence-electron chi connectivity index (χ0n) is 17.2. The van der Waals surface area contributed by atoms with Crippen molar-refractivity contribution in [3.8, 4) is 0 Å². The smallest absolute Gasteiger partial charge is 0.371 e. The largest absolute Gasteiger partial charge is 0.460 e. The van der Waals surface area contributed by atoms with E-state index in [1.165, 1.54) is 6.07 Å². The van der Waals surface area contributed by atoms with Crippen LogP contribution in [0.4, 0.5) is 47.8 Å². The summed E-state index contributed by atoms with van der Waals surface area (Å²) in [5.74, 6) is -7.41. The molecule has 0 heterocycles. The van der Waals surface area contributed by atoms with Gasteiger partial charge < -0.3 is 10.6 Å². The lowest BCUT2D eigenvalue weighted by molar-refractivity contribution is -0.384. The number of rotatable bonds is 9. The van der Waals surface area contributed by atoms with Crippen LogP contribution in [0.25, 0.3) is 0 Å². The minimum atomic E-state index is -6.53. The molecule has 0 spiro atoms. The first kappa shape index (κ1) is 28.2. The molecule has 0 aliphatic carbocycles. The van der Waals surface area contributed by atoms with Gasteiger partial charge >= 0.3 is 17.4 Å². The normalized spacial score (nSPS) is 12.8. The molecule has 0 aromatic heterocycles. The molecule has 2 aromatic rings. The number of amides is 1. The van der Waals surface area contributed by atoms with Gasteiger partial charge in [-0.3, -0.25) is 14.9 Å². The van der Waals surface area contributed by atoms with Crippen molar-refractivity contribution in [1.29, 1.82) is 0 Å². The molecule has 35 heavy (non-hydrogen) atoms. The number of nitrogens with zero attached hydrogens (tertiary/aromatic N) is 1. The lowest BCUT2D eigenvalue weighted by Gasteiger charge is -2.28. The summed E-state index contributed by atoms with van der Waals surface area (Å²) in [6, 6.07) is 6.76. The quantitative estimate of drug-likeness (QED) is 0.197. The maximum atomic E-state index is 13.8. The summed E-state index contributed by atoms with van der Waals surface area (Å²) in [6.45, 7) is -0.743. The molecular weight excluding hydrogens is 535 g/mol. The third-order valence-corrected chi connectivity index (χ3v) is 6.35. The summed E-state index contributed by atoms with van der Waals surface area (Å²) >= 11 is -1.11. The van der Waals surface area contributed by atoms with Gasteiger partial charge in [-0.1, -0.05) is 12.1 Å². The van der Waals surface area contributed by atoms with Crippen molar-refractivity contribution < 1.29 is 48.9 Å². The number of benzene rings is 2. The Bertz CT molecular complexity index is 1240. The molecule has 0 bridgehead atoms. The molecule has 0 atom stereocenters. The van der Waals surface area contributed by atoms with E-state index in [0.29, 0.717) is 0 Å². The van der Waals surface area contributed by atoms with Gasteiger partial charge in [0, 0.05) is 17.2 Å². The highest BCUT2D eigenvalue weighted by atomic mass is 32.2.